The van der Waals surface area contributed by atoms with Gasteiger partial charge in [-0.3, -0.25) is 0 Å². The summed E-state index contributed by atoms with van der Waals surface area (Å²) in [6.07, 6.45) is 0.744. The Morgan fingerprint density at radius 1 is 1.50 bits per heavy atom. The van der Waals surface area contributed by atoms with Crippen LogP contribution in [0.1, 0.15) is 21.7 Å². The molecular formula is C13H12BrN3O2S. The summed E-state index contributed by atoms with van der Waals surface area (Å²) in [4.78, 5) is 21.9. The first kappa shape index (κ1) is 13.7. The number of aromatic nitrogens is 2. The fourth-order valence-electron chi connectivity index (χ4n) is 2.17. The first-order chi connectivity index (χ1) is 9.69. The van der Waals surface area contributed by atoms with Crippen molar-refractivity contribution in [3.8, 4) is 10.7 Å². The van der Waals surface area contributed by atoms with E-state index in [2.05, 4.69) is 31.2 Å². The number of hydrogen-bond donors (Lipinski definition) is 1. The topological polar surface area (TPSA) is 64.1 Å². The lowest BCUT2D eigenvalue weighted by atomic mass is 10.0. The van der Waals surface area contributed by atoms with Crippen LogP contribution in [-0.4, -0.2) is 29.6 Å². The van der Waals surface area contributed by atoms with E-state index < -0.39 is 5.97 Å². The Labute approximate surface area is 128 Å². The molecule has 3 rings (SSSR count). The minimum atomic E-state index is -0.401. The number of esters is 1. The number of nitrogens with zero attached hydrogens (tertiary/aromatic N) is 2. The Morgan fingerprint density at radius 3 is 3.05 bits per heavy atom. The summed E-state index contributed by atoms with van der Waals surface area (Å²) in [6, 6.07) is 1.95. The summed E-state index contributed by atoms with van der Waals surface area (Å²) in [5, 5.41) is 5.23. The summed E-state index contributed by atoms with van der Waals surface area (Å²) in [5.74, 6) is 0.172. The monoisotopic (exact) mass is 353 g/mol. The molecule has 7 heteroatoms. The number of methoxy groups -OCH3 is 1. The van der Waals surface area contributed by atoms with Crippen molar-refractivity contribution in [2.45, 2.75) is 13.0 Å². The average Bonchev–Trinajstić information content (AvgIpc) is 2.92. The minimum absolute atomic E-state index is 0.388. The number of carbonyl (C=O) groups is 1. The molecule has 0 fully saturated rings. The van der Waals surface area contributed by atoms with Gasteiger partial charge in [0.05, 0.1) is 17.7 Å². The highest BCUT2D eigenvalue weighted by molar-refractivity contribution is 9.10. The van der Waals surface area contributed by atoms with Gasteiger partial charge in [-0.05, 0) is 35.0 Å². The van der Waals surface area contributed by atoms with Crippen molar-refractivity contribution in [2.24, 2.45) is 0 Å². The molecule has 0 aromatic carbocycles. The third kappa shape index (κ3) is 2.48. The molecule has 1 aliphatic heterocycles. The van der Waals surface area contributed by atoms with E-state index in [1.54, 1.807) is 0 Å². The van der Waals surface area contributed by atoms with Gasteiger partial charge in [0.15, 0.2) is 11.5 Å². The van der Waals surface area contributed by atoms with Crippen molar-refractivity contribution in [1.29, 1.82) is 0 Å². The third-order valence-corrected chi connectivity index (χ3v) is 4.79. The quantitative estimate of drug-likeness (QED) is 0.839. The number of halogens is 1. The molecule has 0 spiro atoms. The van der Waals surface area contributed by atoms with Gasteiger partial charge in [0.2, 0.25) is 0 Å². The maximum absolute atomic E-state index is 11.9. The molecule has 3 heterocycles. The van der Waals surface area contributed by atoms with Crippen LogP contribution in [0.15, 0.2) is 15.9 Å². The largest absolute Gasteiger partial charge is 0.464 e. The fraction of sp³-hybridized carbons (Fsp3) is 0.308. The molecule has 1 N–H and O–H groups in total. The van der Waals surface area contributed by atoms with Gasteiger partial charge in [-0.2, -0.15) is 0 Å². The summed E-state index contributed by atoms with van der Waals surface area (Å²) in [6.45, 7) is 1.48. The maximum Gasteiger partial charge on any atom is 0.357 e. The molecule has 1 aliphatic rings. The van der Waals surface area contributed by atoms with Crippen molar-refractivity contribution >= 4 is 33.2 Å². The Bertz CT molecular complexity index is 672. The second kappa shape index (κ2) is 5.59. The predicted octanol–water partition coefficient (Wildman–Crippen LogP) is 2.40. The zero-order chi connectivity index (χ0) is 14.1. The number of ether oxygens (including phenoxy) is 1. The van der Waals surface area contributed by atoms with E-state index >= 15 is 0 Å². The van der Waals surface area contributed by atoms with Gasteiger partial charge in [-0.25, -0.2) is 14.8 Å². The minimum Gasteiger partial charge on any atom is -0.464 e. The molecule has 0 saturated heterocycles. The van der Waals surface area contributed by atoms with Gasteiger partial charge >= 0.3 is 5.97 Å². The normalized spacial score (nSPS) is 13.9. The Hall–Kier alpha value is -1.31. The molecule has 5 nitrogen and oxygen atoms in total. The molecule has 2 aromatic rings. The van der Waals surface area contributed by atoms with E-state index in [9.17, 15) is 4.79 Å². The highest BCUT2D eigenvalue weighted by Gasteiger charge is 2.23. The van der Waals surface area contributed by atoms with Crippen LogP contribution in [-0.2, 0) is 17.7 Å². The van der Waals surface area contributed by atoms with Crippen LogP contribution < -0.4 is 5.32 Å². The van der Waals surface area contributed by atoms with Crippen molar-refractivity contribution in [2.75, 3.05) is 13.7 Å². The molecule has 0 atom stereocenters. The number of thiophene rings is 1. The van der Waals surface area contributed by atoms with Gasteiger partial charge in [0.1, 0.15) is 0 Å². The van der Waals surface area contributed by atoms with E-state index in [0.29, 0.717) is 18.1 Å². The first-order valence-corrected chi connectivity index (χ1v) is 7.79. The molecule has 0 aliphatic carbocycles. The lowest BCUT2D eigenvalue weighted by Crippen LogP contribution is -2.28. The van der Waals surface area contributed by atoms with Crippen LogP contribution in [0.4, 0.5) is 0 Å². The summed E-state index contributed by atoms with van der Waals surface area (Å²) in [5.41, 5.74) is 2.17. The van der Waals surface area contributed by atoms with Crippen LogP contribution in [0.25, 0.3) is 10.7 Å². The fourth-order valence-corrected chi connectivity index (χ4v) is 3.53. The summed E-state index contributed by atoms with van der Waals surface area (Å²) >= 11 is 4.95. The molecule has 0 amide bonds. The van der Waals surface area contributed by atoms with Gasteiger partial charge in [0.25, 0.3) is 0 Å². The van der Waals surface area contributed by atoms with Gasteiger partial charge in [-0.15, -0.1) is 11.3 Å². The van der Waals surface area contributed by atoms with Crippen LogP contribution in [0, 0.1) is 0 Å². The van der Waals surface area contributed by atoms with Crippen molar-refractivity contribution in [3.05, 3.63) is 32.9 Å². The molecule has 104 valence electrons. The van der Waals surface area contributed by atoms with Gasteiger partial charge in [0, 0.05) is 22.0 Å². The molecule has 20 heavy (non-hydrogen) atoms. The number of rotatable bonds is 2. The summed E-state index contributed by atoms with van der Waals surface area (Å²) in [7, 11) is 1.37. The molecule has 0 unspecified atom stereocenters. The molecule has 0 saturated carbocycles. The van der Waals surface area contributed by atoms with Gasteiger partial charge in [-0.1, -0.05) is 0 Å². The van der Waals surface area contributed by atoms with Crippen molar-refractivity contribution < 1.29 is 9.53 Å². The van der Waals surface area contributed by atoms with E-state index in [1.807, 2.05) is 11.4 Å². The lowest BCUT2D eigenvalue weighted by Gasteiger charge is -2.18. The SMILES string of the molecule is COC(=O)c1nc(-c2cc(Br)cs2)nc2c1CCNC2. The van der Waals surface area contributed by atoms with E-state index in [-0.39, 0.29) is 0 Å². The number of carbonyl (C=O) groups excluding carboxylic acids is 1. The van der Waals surface area contributed by atoms with Crippen LogP contribution in [0.3, 0.4) is 0 Å². The van der Waals surface area contributed by atoms with Crippen molar-refractivity contribution in [3.63, 3.8) is 0 Å². The Morgan fingerprint density at radius 2 is 2.35 bits per heavy atom. The van der Waals surface area contributed by atoms with Crippen LogP contribution in [0.2, 0.25) is 0 Å². The number of hydrogen-bond acceptors (Lipinski definition) is 6. The molecular weight excluding hydrogens is 342 g/mol. The lowest BCUT2D eigenvalue weighted by molar-refractivity contribution is 0.0592. The van der Waals surface area contributed by atoms with E-state index in [0.717, 1.165) is 33.6 Å². The highest BCUT2D eigenvalue weighted by Crippen LogP contribution is 2.29. The smallest absolute Gasteiger partial charge is 0.357 e. The summed E-state index contributed by atoms with van der Waals surface area (Å²) < 4.78 is 5.83. The van der Waals surface area contributed by atoms with E-state index in [1.165, 1.54) is 18.4 Å². The zero-order valence-electron chi connectivity index (χ0n) is 10.8. The predicted molar refractivity (Wildman–Crippen MR) is 79.8 cm³/mol. The molecule has 0 bridgehead atoms. The van der Waals surface area contributed by atoms with Crippen LogP contribution in [0.5, 0.6) is 0 Å². The zero-order valence-corrected chi connectivity index (χ0v) is 13.2. The Kier molecular flexibility index (Phi) is 3.82. The Balaban J connectivity index is 2.15. The molecule has 2 aromatic heterocycles. The molecule has 0 radical (unpaired) electrons. The standard InChI is InChI=1S/C13H12BrN3O2S/c1-19-13(18)11-8-2-3-15-5-9(8)16-12(17-11)10-4-7(14)6-20-10/h4,6,15H,2-3,5H2,1H3. The number of fused-ring (bicyclic) bond motifs is 1. The van der Waals surface area contributed by atoms with E-state index in [4.69, 9.17) is 4.74 Å². The maximum atomic E-state index is 11.9. The third-order valence-electron chi connectivity index (χ3n) is 3.10. The first-order valence-electron chi connectivity index (χ1n) is 6.12. The second-order valence-corrected chi connectivity index (χ2v) is 6.20. The number of nitrogens with one attached hydrogen (secondary N) is 1. The van der Waals surface area contributed by atoms with Crippen molar-refractivity contribution in [1.82, 2.24) is 15.3 Å². The second-order valence-electron chi connectivity index (χ2n) is 4.37. The van der Waals surface area contributed by atoms with Crippen LogP contribution >= 0.6 is 27.3 Å². The highest BCUT2D eigenvalue weighted by atomic mass is 79.9. The van der Waals surface area contributed by atoms with Gasteiger partial charge < -0.3 is 10.1 Å². The average molecular weight is 354 g/mol.